The van der Waals surface area contributed by atoms with Crippen LogP contribution in [0.4, 0.5) is 5.69 Å². The Kier molecular flexibility index (Phi) is 2.91. The largest absolute Gasteiger partial charge is 0.399 e. The maximum absolute atomic E-state index is 5.86. The fourth-order valence-corrected chi connectivity index (χ4v) is 2.39. The molecule has 3 N–H and O–H groups in total. The van der Waals surface area contributed by atoms with Gasteiger partial charge in [0.15, 0.2) is 0 Å². The van der Waals surface area contributed by atoms with E-state index >= 15 is 0 Å². The number of nitrogens with one attached hydrogen (secondary N) is 1. The van der Waals surface area contributed by atoms with Crippen LogP contribution in [0.2, 0.25) is 0 Å². The topological polar surface area (TPSA) is 41.3 Å². The van der Waals surface area contributed by atoms with E-state index in [2.05, 4.69) is 43.4 Å². The van der Waals surface area contributed by atoms with Gasteiger partial charge >= 0.3 is 0 Å². The first-order chi connectivity index (χ1) is 7.54. The van der Waals surface area contributed by atoms with Gasteiger partial charge in [-0.1, -0.05) is 6.07 Å². The van der Waals surface area contributed by atoms with Gasteiger partial charge in [0.05, 0.1) is 5.54 Å². The van der Waals surface area contributed by atoms with Gasteiger partial charge in [-0.15, -0.1) is 0 Å². The van der Waals surface area contributed by atoms with E-state index in [-0.39, 0.29) is 5.54 Å². The Morgan fingerprint density at radius 3 is 2.81 bits per heavy atom. The fourth-order valence-electron chi connectivity index (χ4n) is 2.39. The van der Waals surface area contributed by atoms with E-state index < -0.39 is 0 Å². The molecule has 0 saturated heterocycles. The van der Waals surface area contributed by atoms with Gasteiger partial charge in [0.25, 0.3) is 0 Å². The second kappa shape index (κ2) is 4.07. The number of likely N-dealkylation sites (N-methyl/N-ethyl adjacent to an activating group) is 1. The van der Waals surface area contributed by atoms with Crippen molar-refractivity contribution in [3.63, 3.8) is 0 Å². The minimum absolute atomic E-state index is 0.0551. The van der Waals surface area contributed by atoms with Crippen molar-refractivity contribution in [3.8, 4) is 0 Å². The molecular weight excluding hydrogens is 198 g/mol. The summed E-state index contributed by atoms with van der Waals surface area (Å²) in [6.07, 6.45) is 1.06. The fraction of sp³-hybridized carbons (Fsp3) is 0.538. The van der Waals surface area contributed by atoms with Gasteiger partial charge < -0.3 is 11.1 Å². The third kappa shape index (κ3) is 1.81. The van der Waals surface area contributed by atoms with E-state index in [0.717, 1.165) is 25.2 Å². The number of anilines is 1. The highest BCUT2D eigenvalue weighted by molar-refractivity contribution is 5.47. The Balaban J connectivity index is 2.53. The number of nitrogen functional groups attached to an aromatic ring is 1. The van der Waals surface area contributed by atoms with Crippen LogP contribution in [-0.2, 0) is 12.0 Å². The number of benzene rings is 1. The second-order valence-electron chi connectivity index (χ2n) is 5.01. The Labute approximate surface area is 97.6 Å². The zero-order valence-corrected chi connectivity index (χ0v) is 10.4. The van der Waals surface area contributed by atoms with E-state index in [9.17, 15) is 0 Å². The summed E-state index contributed by atoms with van der Waals surface area (Å²) in [5.74, 6) is 0. The number of nitrogens with two attached hydrogens (primary N) is 1. The lowest BCUT2D eigenvalue weighted by Crippen LogP contribution is -2.45. The van der Waals surface area contributed by atoms with Gasteiger partial charge in [-0.2, -0.15) is 0 Å². The third-order valence-corrected chi connectivity index (χ3v) is 3.74. The van der Waals surface area contributed by atoms with Crippen LogP contribution in [0.3, 0.4) is 0 Å². The molecule has 1 aromatic rings. The van der Waals surface area contributed by atoms with Crippen LogP contribution >= 0.6 is 0 Å². The highest BCUT2D eigenvalue weighted by Gasteiger charge is 2.32. The highest BCUT2D eigenvalue weighted by atomic mass is 15.2. The minimum atomic E-state index is 0.0551. The molecule has 1 unspecified atom stereocenters. The SMILES string of the molecule is CN(C)C1(C)CNCCc2cc(N)ccc21. The molecule has 0 aromatic heterocycles. The van der Waals surface area contributed by atoms with Gasteiger partial charge in [-0.25, -0.2) is 0 Å². The monoisotopic (exact) mass is 219 g/mol. The van der Waals surface area contributed by atoms with Crippen molar-refractivity contribution in [1.29, 1.82) is 0 Å². The molecule has 1 heterocycles. The van der Waals surface area contributed by atoms with Crippen LogP contribution < -0.4 is 11.1 Å². The first kappa shape index (κ1) is 11.4. The molecule has 0 radical (unpaired) electrons. The van der Waals surface area contributed by atoms with Crippen LogP contribution in [0.1, 0.15) is 18.1 Å². The average molecular weight is 219 g/mol. The first-order valence-electron chi connectivity index (χ1n) is 5.81. The Bertz CT molecular complexity index is 387. The molecule has 0 amide bonds. The smallest absolute Gasteiger partial charge is 0.0555 e. The summed E-state index contributed by atoms with van der Waals surface area (Å²) in [6.45, 7) is 4.29. The van der Waals surface area contributed by atoms with E-state index in [1.54, 1.807) is 0 Å². The lowest BCUT2D eigenvalue weighted by atomic mass is 9.87. The van der Waals surface area contributed by atoms with Crippen LogP contribution in [0, 0.1) is 0 Å². The van der Waals surface area contributed by atoms with Crippen molar-refractivity contribution in [3.05, 3.63) is 29.3 Å². The van der Waals surface area contributed by atoms with E-state index in [1.807, 2.05) is 6.07 Å². The highest BCUT2D eigenvalue weighted by Crippen LogP contribution is 2.31. The molecule has 0 spiro atoms. The molecule has 1 aromatic carbocycles. The molecule has 3 heteroatoms. The predicted octanol–water partition coefficient (Wildman–Crippen LogP) is 1.19. The third-order valence-electron chi connectivity index (χ3n) is 3.74. The number of rotatable bonds is 1. The van der Waals surface area contributed by atoms with Gasteiger partial charge in [-0.05, 0) is 57.2 Å². The summed E-state index contributed by atoms with van der Waals surface area (Å²) in [4.78, 5) is 2.28. The summed E-state index contributed by atoms with van der Waals surface area (Å²) in [5.41, 5.74) is 9.56. The predicted molar refractivity (Wildman–Crippen MR) is 68.5 cm³/mol. The molecule has 16 heavy (non-hydrogen) atoms. The number of fused-ring (bicyclic) bond motifs is 1. The van der Waals surface area contributed by atoms with E-state index in [1.165, 1.54) is 11.1 Å². The standard InChI is InChI=1S/C13H21N3/c1-13(16(2)3)9-15-7-6-10-8-11(14)4-5-12(10)13/h4-5,8,15H,6-7,9,14H2,1-3H3. The molecule has 1 aliphatic heterocycles. The van der Waals surface area contributed by atoms with Gasteiger partial charge in [0.2, 0.25) is 0 Å². The van der Waals surface area contributed by atoms with Crippen LogP contribution in [0.15, 0.2) is 18.2 Å². The zero-order valence-electron chi connectivity index (χ0n) is 10.4. The molecule has 0 fully saturated rings. The molecule has 1 atom stereocenters. The molecule has 0 bridgehead atoms. The number of hydrogen-bond donors (Lipinski definition) is 2. The van der Waals surface area contributed by atoms with Gasteiger partial charge in [0, 0.05) is 12.2 Å². The van der Waals surface area contributed by atoms with Crippen molar-refractivity contribution in [1.82, 2.24) is 10.2 Å². The summed E-state index contributed by atoms with van der Waals surface area (Å²) >= 11 is 0. The molecule has 88 valence electrons. The molecule has 0 saturated carbocycles. The maximum atomic E-state index is 5.86. The van der Waals surface area contributed by atoms with Crippen LogP contribution in [-0.4, -0.2) is 32.1 Å². The molecule has 3 nitrogen and oxygen atoms in total. The van der Waals surface area contributed by atoms with Gasteiger partial charge in [0.1, 0.15) is 0 Å². The Morgan fingerprint density at radius 1 is 1.38 bits per heavy atom. The normalized spacial score (nSPS) is 25.2. The van der Waals surface area contributed by atoms with Crippen molar-refractivity contribution in [2.24, 2.45) is 0 Å². The number of hydrogen-bond acceptors (Lipinski definition) is 3. The van der Waals surface area contributed by atoms with Crippen molar-refractivity contribution in [2.75, 3.05) is 32.9 Å². The molecule has 1 aliphatic rings. The molecule has 0 aliphatic carbocycles. The first-order valence-corrected chi connectivity index (χ1v) is 5.81. The molecule has 2 rings (SSSR count). The van der Waals surface area contributed by atoms with E-state index in [4.69, 9.17) is 5.73 Å². The lowest BCUT2D eigenvalue weighted by Gasteiger charge is -2.37. The van der Waals surface area contributed by atoms with Gasteiger partial charge in [-0.3, -0.25) is 4.90 Å². The van der Waals surface area contributed by atoms with Crippen molar-refractivity contribution < 1.29 is 0 Å². The van der Waals surface area contributed by atoms with E-state index in [0.29, 0.717) is 0 Å². The quantitative estimate of drug-likeness (QED) is 0.697. The second-order valence-corrected chi connectivity index (χ2v) is 5.01. The summed E-state index contributed by atoms with van der Waals surface area (Å²) in [5, 5.41) is 3.50. The minimum Gasteiger partial charge on any atom is -0.399 e. The van der Waals surface area contributed by atoms with Crippen LogP contribution in [0.25, 0.3) is 0 Å². The summed E-state index contributed by atoms with van der Waals surface area (Å²) in [6, 6.07) is 6.30. The summed E-state index contributed by atoms with van der Waals surface area (Å²) < 4.78 is 0. The lowest BCUT2D eigenvalue weighted by molar-refractivity contribution is 0.173. The number of nitrogens with zero attached hydrogens (tertiary/aromatic N) is 1. The van der Waals surface area contributed by atoms with Crippen LogP contribution in [0.5, 0.6) is 0 Å². The Morgan fingerprint density at radius 2 is 2.12 bits per heavy atom. The maximum Gasteiger partial charge on any atom is 0.0555 e. The van der Waals surface area contributed by atoms with Crippen molar-refractivity contribution >= 4 is 5.69 Å². The Hall–Kier alpha value is -1.06. The average Bonchev–Trinajstić information content (AvgIpc) is 2.39. The zero-order chi connectivity index (χ0) is 11.8. The summed E-state index contributed by atoms with van der Waals surface area (Å²) in [7, 11) is 4.26. The molecular formula is C13H21N3. The van der Waals surface area contributed by atoms with Crippen molar-refractivity contribution in [2.45, 2.75) is 18.9 Å².